The smallest absolute Gasteiger partial charge is 0.200 e. The molecule has 0 heterocycles. The summed E-state index contributed by atoms with van der Waals surface area (Å²) in [4.78, 5) is 2.74. The van der Waals surface area contributed by atoms with Crippen LogP contribution < -0.4 is 4.83 Å². The average Bonchev–Trinajstić information content (AvgIpc) is 3.18. The minimum Gasteiger partial charge on any atom is -0.200 e. The minimum atomic E-state index is -3.54. The van der Waals surface area contributed by atoms with Crippen molar-refractivity contribution in [3.63, 3.8) is 0 Å². The van der Waals surface area contributed by atoms with Crippen molar-refractivity contribution >= 4 is 15.7 Å². The summed E-state index contributed by atoms with van der Waals surface area (Å²) in [6.45, 7) is 1.94. The average molecular weight is 318 g/mol. The van der Waals surface area contributed by atoms with Crippen LogP contribution in [-0.4, -0.2) is 14.1 Å². The van der Waals surface area contributed by atoms with Crippen molar-refractivity contribution in [1.29, 1.82) is 0 Å². The molecule has 0 radical (unpaired) electrons. The van der Waals surface area contributed by atoms with Gasteiger partial charge in [-0.1, -0.05) is 24.1 Å². The SMILES string of the molecule is Cc1ccc(S(=O)(=O)N/N=C2/C[C@@H]3C[C@@H]2[C@H]2CCC[C@H]32)cc1. The van der Waals surface area contributed by atoms with Crippen LogP contribution in [0.15, 0.2) is 34.3 Å². The first-order valence-electron chi connectivity index (χ1n) is 8.19. The van der Waals surface area contributed by atoms with Crippen LogP contribution in [0, 0.1) is 30.6 Å². The number of hydrogen-bond acceptors (Lipinski definition) is 3. The van der Waals surface area contributed by atoms with E-state index in [4.69, 9.17) is 0 Å². The highest BCUT2D eigenvalue weighted by Crippen LogP contribution is 2.57. The second-order valence-corrected chi connectivity index (χ2v) is 8.74. The number of aryl methyl sites for hydroxylation is 1. The first-order valence-corrected chi connectivity index (χ1v) is 9.68. The lowest BCUT2D eigenvalue weighted by atomic mass is 9.81. The Morgan fingerprint density at radius 3 is 2.64 bits per heavy atom. The Balaban J connectivity index is 1.51. The maximum Gasteiger partial charge on any atom is 0.276 e. The van der Waals surface area contributed by atoms with Gasteiger partial charge in [-0.2, -0.15) is 13.5 Å². The number of hydrazone groups is 1. The summed E-state index contributed by atoms with van der Waals surface area (Å²) < 4.78 is 24.6. The van der Waals surface area contributed by atoms with Gasteiger partial charge in [0.15, 0.2) is 0 Å². The minimum absolute atomic E-state index is 0.282. The molecule has 3 saturated carbocycles. The molecule has 1 aromatic rings. The van der Waals surface area contributed by atoms with Gasteiger partial charge in [0.2, 0.25) is 0 Å². The van der Waals surface area contributed by atoms with Crippen molar-refractivity contribution in [3.8, 4) is 0 Å². The fraction of sp³-hybridized carbons (Fsp3) is 0.588. The summed E-state index contributed by atoms with van der Waals surface area (Å²) in [5, 5.41) is 4.32. The van der Waals surface area contributed by atoms with Gasteiger partial charge in [-0.05, 0) is 62.5 Å². The molecule has 3 aliphatic carbocycles. The number of sulfonamides is 1. The summed E-state index contributed by atoms with van der Waals surface area (Å²) in [7, 11) is -3.54. The van der Waals surface area contributed by atoms with E-state index in [9.17, 15) is 8.42 Å². The molecule has 0 aliphatic heterocycles. The summed E-state index contributed by atoms with van der Waals surface area (Å²) in [6.07, 6.45) is 6.22. The Hall–Kier alpha value is -1.36. The first kappa shape index (κ1) is 14.2. The van der Waals surface area contributed by atoms with Gasteiger partial charge in [0, 0.05) is 11.6 Å². The van der Waals surface area contributed by atoms with Crippen LogP contribution in [0.4, 0.5) is 0 Å². The van der Waals surface area contributed by atoms with Gasteiger partial charge in [0.1, 0.15) is 0 Å². The largest absolute Gasteiger partial charge is 0.276 e. The predicted molar refractivity (Wildman–Crippen MR) is 86.0 cm³/mol. The number of fused-ring (bicyclic) bond motifs is 5. The Bertz CT molecular complexity index is 709. The molecule has 0 aromatic heterocycles. The maximum absolute atomic E-state index is 12.3. The summed E-state index contributed by atoms with van der Waals surface area (Å²) in [6, 6.07) is 6.88. The lowest BCUT2D eigenvalue weighted by Crippen LogP contribution is -2.28. The highest BCUT2D eigenvalue weighted by Gasteiger charge is 2.52. The normalized spacial score (nSPS) is 35.0. The van der Waals surface area contributed by atoms with Crippen LogP contribution in [0.5, 0.6) is 0 Å². The molecule has 3 fully saturated rings. The monoisotopic (exact) mass is 318 g/mol. The lowest BCUT2D eigenvalue weighted by Gasteiger charge is -2.25. The van der Waals surface area contributed by atoms with Crippen molar-refractivity contribution in [2.75, 3.05) is 0 Å². The second kappa shape index (κ2) is 5.08. The Kier molecular flexibility index (Phi) is 3.29. The Morgan fingerprint density at radius 1 is 1.14 bits per heavy atom. The maximum atomic E-state index is 12.3. The highest BCUT2D eigenvalue weighted by atomic mass is 32.2. The number of nitrogens with zero attached hydrogens (tertiary/aromatic N) is 1. The van der Waals surface area contributed by atoms with E-state index in [1.165, 1.54) is 25.7 Å². The van der Waals surface area contributed by atoms with Crippen molar-refractivity contribution < 1.29 is 8.42 Å². The molecule has 118 valence electrons. The number of rotatable bonds is 3. The van der Waals surface area contributed by atoms with Crippen LogP contribution in [0.3, 0.4) is 0 Å². The number of benzene rings is 1. The second-order valence-electron chi connectivity index (χ2n) is 7.08. The third-order valence-corrected chi connectivity index (χ3v) is 7.07. The Morgan fingerprint density at radius 2 is 1.86 bits per heavy atom. The van der Waals surface area contributed by atoms with E-state index >= 15 is 0 Å². The van der Waals surface area contributed by atoms with Gasteiger partial charge in [-0.3, -0.25) is 0 Å². The fourth-order valence-corrected chi connectivity index (χ4v) is 5.67. The topological polar surface area (TPSA) is 58.5 Å². The van der Waals surface area contributed by atoms with E-state index in [0.29, 0.717) is 5.92 Å². The summed E-state index contributed by atoms with van der Waals surface area (Å²) in [5.41, 5.74) is 2.13. The first-order chi connectivity index (χ1) is 10.5. The van der Waals surface area contributed by atoms with Crippen LogP contribution >= 0.6 is 0 Å². The van der Waals surface area contributed by atoms with E-state index in [2.05, 4.69) is 9.93 Å². The molecule has 0 saturated heterocycles. The molecule has 2 bridgehead atoms. The van der Waals surface area contributed by atoms with E-state index < -0.39 is 10.0 Å². The number of nitrogens with one attached hydrogen (secondary N) is 1. The van der Waals surface area contributed by atoms with Crippen molar-refractivity contribution in [2.45, 2.75) is 43.9 Å². The molecule has 22 heavy (non-hydrogen) atoms. The van der Waals surface area contributed by atoms with E-state index in [1.807, 2.05) is 19.1 Å². The molecule has 4 rings (SSSR count). The molecular weight excluding hydrogens is 296 g/mol. The third-order valence-electron chi connectivity index (χ3n) is 5.84. The van der Waals surface area contributed by atoms with Gasteiger partial charge in [-0.15, -0.1) is 0 Å². The highest BCUT2D eigenvalue weighted by molar-refractivity contribution is 7.89. The molecule has 3 aliphatic rings. The zero-order valence-corrected chi connectivity index (χ0v) is 13.6. The molecule has 1 aromatic carbocycles. The number of hydrogen-bond donors (Lipinski definition) is 1. The molecule has 5 heteroatoms. The van der Waals surface area contributed by atoms with Crippen molar-refractivity contribution in [2.24, 2.45) is 28.8 Å². The van der Waals surface area contributed by atoms with Gasteiger partial charge in [-0.25, -0.2) is 4.83 Å². The fourth-order valence-electron chi connectivity index (χ4n) is 4.83. The van der Waals surface area contributed by atoms with Crippen LogP contribution in [0.1, 0.15) is 37.7 Å². The third kappa shape index (κ3) is 2.26. The van der Waals surface area contributed by atoms with Crippen LogP contribution in [0.25, 0.3) is 0 Å². The van der Waals surface area contributed by atoms with Gasteiger partial charge < -0.3 is 0 Å². The lowest BCUT2D eigenvalue weighted by molar-refractivity contribution is 0.333. The van der Waals surface area contributed by atoms with E-state index in [0.717, 1.165) is 35.4 Å². The predicted octanol–water partition coefficient (Wildman–Crippen LogP) is 3.09. The Labute approximate surface area is 132 Å². The molecule has 4 nitrogen and oxygen atoms in total. The standard InChI is InChI=1S/C17H22N2O2S/c1-11-5-7-13(8-6-11)22(20,21)19-18-17-10-12-9-16(17)15-4-2-3-14(12)15/h5-8,12,14-16,19H,2-4,9-10H2,1H3/b18-17-/t12-,14+,15-,16+/m0/s1. The van der Waals surface area contributed by atoms with Gasteiger partial charge in [0.25, 0.3) is 10.0 Å². The molecule has 4 atom stereocenters. The van der Waals surface area contributed by atoms with Crippen molar-refractivity contribution in [3.05, 3.63) is 29.8 Å². The zero-order chi connectivity index (χ0) is 15.3. The van der Waals surface area contributed by atoms with Crippen LogP contribution in [0.2, 0.25) is 0 Å². The summed E-state index contributed by atoms with van der Waals surface area (Å²) in [5.74, 6) is 2.93. The summed E-state index contributed by atoms with van der Waals surface area (Å²) >= 11 is 0. The van der Waals surface area contributed by atoms with Crippen LogP contribution in [-0.2, 0) is 10.0 Å². The van der Waals surface area contributed by atoms with Gasteiger partial charge in [0.05, 0.1) is 4.90 Å². The molecule has 1 N–H and O–H groups in total. The van der Waals surface area contributed by atoms with E-state index in [1.54, 1.807) is 12.1 Å². The van der Waals surface area contributed by atoms with Crippen molar-refractivity contribution in [1.82, 2.24) is 4.83 Å². The molecular formula is C17H22N2O2S. The van der Waals surface area contributed by atoms with Gasteiger partial charge >= 0.3 is 0 Å². The molecule has 0 spiro atoms. The molecule has 0 unspecified atom stereocenters. The van der Waals surface area contributed by atoms with E-state index in [-0.39, 0.29) is 4.90 Å². The zero-order valence-electron chi connectivity index (χ0n) is 12.8. The quantitative estimate of drug-likeness (QED) is 0.871. The molecule has 0 amide bonds.